The zero-order valence-electron chi connectivity index (χ0n) is 10.5. The predicted octanol–water partition coefficient (Wildman–Crippen LogP) is 2.31. The van der Waals surface area contributed by atoms with Gasteiger partial charge in [0.1, 0.15) is 0 Å². The fourth-order valence-electron chi connectivity index (χ4n) is 5.08. The summed E-state index contributed by atoms with van der Waals surface area (Å²) >= 11 is 0. The molecule has 0 spiro atoms. The average Bonchev–Trinajstić information content (AvgIpc) is 2.35. The number of hydrogen-bond donors (Lipinski definition) is 2. The van der Waals surface area contributed by atoms with Crippen molar-refractivity contribution in [2.24, 2.45) is 23.7 Å². The molecular formula is C15H20N2O. The lowest BCUT2D eigenvalue weighted by molar-refractivity contribution is -0.179. The summed E-state index contributed by atoms with van der Waals surface area (Å²) in [6, 6.07) is 1.82. The second kappa shape index (κ2) is 3.47. The molecule has 0 unspecified atom stereocenters. The van der Waals surface area contributed by atoms with E-state index in [0.717, 1.165) is 17.4 Å². The maximum atomic E-state index is 11.3. The van der Waals surface area contributed by atoms with E-state index in [2.05, 4.69) is 4.98 Å². The average molecular weight is 244 g/mol. The molecule has 4 bridgehead atoms. The molecule has 4 saturated carbocycles. The lowest BCUT2D eigenvalue weighted by Crippen LogP contribution is -2.55. The molecule has 0 aliphatic heterocycles. The summed E-state index contributed by atoms with van der Waals surface area (Å²) in [6.45, 7) is 0. The van der Waals surface area contributed by atoms with Crippen LogP contribution in [-0.4, -0.2) is 10.1 Å². The Balaban J connectivity index is 1.81. The van der Waals surface area contributed by atoms with Crippen molar-refractivity contribution >= 4 is 5.69 Å². The molecule has 3 nitrogen and oxygen atoms in total. The Morgan fingerprint density at radius 3 is 2.28 bits per heavy atom. The van der Waals surface area contributed by atoms with E-state index < -0.39 is 5.60 Å². The van der Waals surface area contributed by atoms with Crippen LogP contribution in [0.25, 0.3) is 0 Å². The number of rotatable bonds is 1. The van der Waals surface area contributed by atoms with Crippen LogP contribution in [0.5, 0.6) is 0 Å². The van der Waals surface area contributed by atoms with Crippen LogP contribution in [0.3, 0.4) is 0 Å². The molecule has 1 aromatic heterocycles. The molecule has 0 aromatic carbocycles. The van der Waals surface area contributed by atoms with Crippen molar-refractivity contribution in [1.29, 1.82) is 0 Å². The molecule has 0 saturated heterocycles. The third-order valence-corrected chi connectivity index (χ3v) is 5.67. The Labute approximate surface area is 107 Å². The SMILES string of the molecule is Nc1ccncc1C1(O)C2CC3CC(C2)CC1C3. The first-order valence-corrected chi connectivity index (χ1v) is 7.10. The van der Waals surface area contributed by atoms with Gasteiger partial charge in [0.2, 0.25) is 0 Å². The number of nitrogens with two attached hydrogens (primary N) is 1. The smallest absolute Gasteiger partial charge is 0.0987 e. The highest BCUT2D eigenvalue weighted by Crippen LogP contribution is 2.62. The Kier molecular flexibility index (Phi) is 2.08. The van der Waals surface area contributed by atoms with Gasteiger partial charge in [0.25, 0.3) is 0 Å². The first-order valence-electron chi connectivity index (χ1n) is 7.10. The highest BCUT2D eigenvalue weighted by atomic mass is 16.3. The number of aromatic nitrogens is 1. The lowest BCUT2D eigenvalue weighted by atomic mass is 9.48. The zero-order valence-corrected chi connectivity index (χ0v) is 10.5. The molecule has 1 aromatic rings. The van der Waals surface area contributed by atoms with Crippen molar-refractivity contribution in [3.8, 4) is 0 Å². The number of anilines is 1. The summed E-state index contributed by atoms with van der Waals surface area (Å²) < 4.78 is 0. The molecular weight excluding hydrogens is 224 g/mol. The molecule has 4 aliphatic rings. The number of pyridine rings is 1. The summed E-state index contributed by atoms with van der Waals surface area (Å²) in [6.07, 6.45) is 9.60. The summed E-state index contributed by atoms with van der Waals surface area (Å²) in [7, 11) is 0. The number of nitrogen functional groups attached to an aromatic ring is 1. The Bertz CT molecular complexity index is 457. The molecule has 1 heterocycles. The van der Waals surface area contributed by atoms with Crippen LogP contribution in [0.15, 0.2) is 18.5 Å². The van der Waals surface area contributed by atoms with E-state index in [1.165, 1.54) is 32.1 Å². The van der Waals surface area contributed by atoms with E-state index in [0.29, 0.717) is 17.5 Å². The van der Waals surface area contributed by atoms with E-state index in [-0.39, 0.29) is 0 Å². The summed E-state index contributed by atoms with van der Waals surface area (Å²) in [5, 5.41) is 11.3. The van der Waals surface area contributed by atoms with Crippen LogP contribution in [-0.2, 0) is 5.60 Å². The maximum Gasteiger partial charge on any atom is 0.0987 e. The van der Waals surface area contributed by atoms with Gasteiger partial charge in [-0.1, -0.05) is 0 Å². The van der Waals surface area contributed by atoms with Gasteiger partial charge in [0.05, 0.1) is 5.60 Å². The highest BCUT2D eigenvalue weighted by molar-refractivity contribution is 5.49. The maximum absolute atomic E-state index is 11.3. The Morgan fingerprint density at radius 1 is 1.11 bits per heavy atom. The van der Waals surface area contributed by atoms with Gasteiger partial charge in [-0.3, -0.25) is 4.98 Å². The van der Waals surface area contributed by atoms with Gasteiger partial charge in [0.15, 0.2) is 0 Å². The summed E-state index contributed by atoms with van der Waals surface area (Å²) in [4.78, 5) is 4.18. The first kappa shape index (κ1) is 10.8. The van der Waals surface area contributed by atoms with Crippen molar-refractivity contribution < 1.29 is 5.11 Å². The van der Waals surface area contributed by atoms with Crippen molar-refractivity contribution in [3.63, 3.8) is 0 Å². The summed E-state index contributed by atoms with van der Waals surface area (Å²) in [5.41, 5.74) is 6.98. The van der Waals surface area contributed by atoms with Gasteiger partial charge < -0.3 is 10.8 Å². The van der Waals surface area contributed by atoms with E-state index in [9.17, 15) is 5.11 Å². The number of nitrogens with zero attached hydrogens (tertiary/aromatic N) is 1. The molecule has 0 radical (unpaired) electrons. The standard InChI is InChI=1S/C15H20N2O/c16-14-1-2-17-8-13(14)15(18)11-4-9-3-10(6-11)7-12(15)5-9/h1-2,8-12,18H,3-7H2,(H2,16,17). The van der Waals surface area contributed by atoms with E-state index in [1.807, 2.05) is 6.07 Å². The quantitative estimate of drug-likeness (QED) is 0.797. The predicted molar refractivity (Wildman–Crippen MR) is 69.6 cm³/mol. The molecule has 96 valence electrons. The molecule has 5 rings (SSSR count). The second-order valence-electron chi connectivity index (χ2n) is 6.59. The van der Waals surface area contributed by atoms with Crippen LogP contribution in [0.4, 0.5) is 5.69 Å². The van der Waals surface area contributed by atoms with Crippen molar-refractivity contribution in [2.45, 2.75) is 37.7 Å². The largest absolute Gasteiger partial charge is 0.398 e. The van der Waals surface area contributed by atoms with Crippen LogP contribution in [0, 0.1) is 23.7 Å². The Hall–Kier alpha value is -1.09. The molecule has 0 atom stereocenters. The third kappa shape index (κ3) is 1.26. The van der Waals surface area contributed by atoms with Gasteiger partial charge >= 0.3 is 0 Å². The highest BCUT2D eigenvalue weighted by Gasteiger charge is 2.57. The molecule has 18 heavy (non-hydrogen) atoms. The molecule has 3 heteroatoms. The monoisotopic (exact) mass is 244 g/mol. The lowest BCUT2D eigenvalue weighted by Gasteiger charge is -2.59. The van der Waals surface area contributed by atoms with Crippen LogP contribution < -0.4 is 5.73 Å². The minimum absolute atomic E-state index is 0.403. The normalized spacial score (nSPS) is 45.4. The second-order valence-corrected chi connectivity index (χ2v) is 6.59. The molecule has 0 amide bonds. The van der Waals surface area contributed by atoms with Crippen LogP contribution in [0.1, 0.15) is 37.7 Å². The topological polar surface area (TPSA) is 59.1 Å². The van der Waals surface area contributed by atoms with Gasteiger partial charge in [-0.25, -0.2) is 0 Å². The molecule has 4 aliphatic carbocycles. The van der Waals surface area contributed by atoms with Crippen molar-refractivity contribution in [1.82, 2.24) is 4.98 Å². The number of aliphatic hydroxyl groups is 1. The van der Waals surface area contributed by atoms with Gasteiger partial charge in [-0.2, -0.15) is 0 Å². The van der Waals surface area contributed by atoms with E-state index in [4.69, 9.17) is 5.73 Å². The van der Waals surface area contributed by atoms with E-state index in [1.54, 1.807) is 12.4 Å². The Morgan fingerprint density at radius 2 is 1.72 bits per heavy atom. The molecule has 4 fully saturated rings. The van der Waals surface area contributed by atoms with Gasteiger partial charge in [-0.05, 0) is 61.8 Å². The fourth-order valence-corrected chi connectivity index (χ4v) is 5.08. The van der Waals surface area contributed by atoms with Crippen molar-refractivity contribution in [2.75, 3.05) is 5.73 Å². The first-order chi connectivity index (χ1) is 8.68. The summed E-state index contributed by atoms with van der Waals surface area (Å²) in [5.74, 6) is 2.51. The fraction of sp³-hybridized carbons (Fsp3) is 0.667. The molecule has 3 N–H and O–H groups in total. The van der Waals surface area contributed by atoms with E-state index >= 15 is 0 Å². The van der Waals surface area contributed by atoms with Crippen molar-refractivity contribution in [3.05, 3.63) is 24.0 Å². The minimum atomic E-state index is -0.703. The van der Waals surface area contributed by atoms with Gasteiger partial charge in [0, 0.05) is 23.6 Å². The number of hydrogen-bond acceptors (Lipinski definition) is 3. The third-order valence-electron chi connectivity index (χ3n) is 5.67. The zero-order chi connectivity index (χ0) is 12.3. The minimum Gasteiger partial charge on any atom is -0.398 e. The van der Waals surface area contributed by atoms with Crippen LogP contribution >= 0.6 is 0 Å². The van der Waals surface area contributed by atoms with Gasteiger partial charge in [-0.15, -0.1) is 0 Å². The van der Waals surface area contributed by atoms with Crippen LogP contribution in [0.2, 0.25) is 0 Å².